The Morgan fingerprint density at radius 3 is 1.43 bits per heavy atom. The van der Waals surface area contributed by atoms with Crippen molar-refractivity contribution >= 4 is 83.9 Å². The van der Waals surface area contributed by atoms with Crippen molar-refractivity contribution in [3.63, 3.8) is 0 Å². The summed E-state index contributed by atoms with van der Waals surface area (Å²) in [6.45, 7) is -0.248. The van der Waals surface area contributed by atoms with Gasteiger partial charge < -0.3 is 13.9 Å². The molecule has 0 fully saturated rings. The van der Waals surface area contributed by atoms with Crippen molar-refractivity contribution in [2.24, 2.45) is 0 Å². The van der Waals surface area contributed by atoms with E-state index in [1.807, 2.05) is 36.4 Å². The van der Waals surface area contributed by atoms with Gasteiger partial charge in [-0.1, -0.05) is 231 Å². The summed E-state index contributed by atoms with van der Waals surface area (Å²) < 4.78 is 9.49. The molecule has 17 rings (SSSR count). The van der Waals surface area contributed by atoms with Crippen LogP contribution in [0.5, 0.6) is 0 Å². The fourth-order valence-electron chi connectivity index (χ4n) is 13.1. The average molecular weight is 1040 g/mol. The lowest BCUT2D eigenvalue weighted by molar-refractivity contribution is 0.669. The molecule has 0 spiro atoms. The van der Waals surface area contributed by atoms with Crippen molar-refractivity contribution < 1.29 is 4.42 Å². The molecule has 3 aromatic heterocycles. The summed E-state index contributed by atoms with van der Waals surface area (Å²) in [6, 6.07) is 100. The number of anilines is 3. The predicted octanol–water partition coefficient (Wildman–Crippen LogP) is 17.1. The van der Waals surface area contributed by atoms with Crippen molar-refractivity contribution in [3.8, 4) is 84.4 Å². The molecule has 0 radical (unpaired) electrons. The molecule has 6 nitrogen and oxygen atoms in total. The number of furan rings is 1. The molecule has 5 heterocycles. The molecule has 15 aromatic rings. The van der Waals surface area contributed by atoms with Crippen LogP contribution in [0.2, 0.25) is 0 Å². The molecule has 0 atom stereocenters. The minimum absolute atomic E-state index is 0.248. The highest BCUT2D eigenvalue weighted by molar-refractivity contribution is 7.00. The second-order valence-electron chi connectivity index (χ2n) is 21.4. The molecule has 0 aliphatic carbocycles. The SMILES string of the molecule is c1ccc(-c2ccc3c(c2)c2cc(-c4ccccc4)cc4c2n3-c2cc(-c3nc(-c5ccccc5)nc(-c5ccccc5)n3)cc3c2B4c2cc4oc5ccccc5c4cc2N3c2c(-c3ccccc3)cccc2-c2ccccc2)cc1. The lowest BCUT2D eigenvalue weighted by atomic mass is 9.33. The number of para-hydroxylation sites is 2. The Morgan fingerprint density at radius 2 is 0.817 bits per heavy atom. The summed E-state index contributed by atoms with van der Waals surface area (Å²) in [4.78, 5) is 18.7. The maximum absolute atomic E-state index is 6.94. The van der Waals surface area contributed by atoms with Gasteiger partial charge >= 0.3 is 0 Å². The molecular weight excluding hydrogens is 998 g/mol. The van der Waals surface area contributed by atoms with Gasteiger partial charge in [-0.2, -0.15) is 0 Å². The van der Waals surface area contributed by atoms with Crippen LogP contribution in [0.25, 0.3) is 128 Å². The Balaban J connectivity index is 1.06. The van der Waals surface area contributed by atoms with Gasteiger partial charge in [0.1, 0.15) is 11.2 Å². The Morgan fingerprint density at radius 1 is 0.305 bits per heavy atom. The average Bonchev–Trinajstić information content (AvgIpc) is 1.80. The van der Waals surface area contributed by atoms with E-state index in [1.165, 1.54) is 32.8 Å². The molecule has 0 unspecified atom stereocenters. The van der Waals surface area contributed by atoms with Crippen molar-refractivity contribution in [1.82, 2.24) is 19.5 Å². The Hall–Kier alpha value is -10.9. The second-order valence-corrected chi connectivity index (χ2v) is 21.4. The van der Waals surface area contributed by atoms with E-state index in [1.54, 1.807) is 0 Å². The number of benzene rings is 12. The van der Waals surface area contributed by atoms with Crippen LogP contribution in [0.1, 0.15) is 0 Å². The Bertz CT molecular complexity index is 4910. The van der Waals surface area contributed by atoms with E-state index >= 15 is 0 Å². The predicted molar refractivity (Wildman–Crippen MR) is 339 cm³/mol. The molecule has 0 bridgehead atoms. The molecule has 2 aliphatic heterocycles. The topological polar surface area (TPSA) is 60.0 Å². The van der Waals surface area contributed by atoms with E-state index in [2.05, 4.69) is 252 Å². The normalized spacial score (nSPS) is 12.3. The molecule has 0 amide bonds. The van der Waals surface area contributed by atoms with Crippen LogP contribution in [-0.2, 0) is 0 Å². The van der Waals surface area contributed by atoms with E-state index < -0.39 is 0 Å². The van der Waals surface area contributed by atoms with Gasteiger partial charge in [-0.25, -0.2) is 15.0 Å². The Kier molecular flexibility index (Phi) is 10.3. The first-order valence-corrected chi connectivity index (χ1v) is 27.9. The standard InChI is InChI=1S/C75H46BN5O/c1-7-22-47(23-8-1)53-38-39-64-59(40-53)61-41-54(48-24-9-2-10-25-48)42-63-72(61)80(64)66-43-55(75-78-73(51-30-15-5-16-31-51)77-74(79-75)52-32-17-6-18-33-52)44-67-70(66)76(63)62-46-69-60(58-34-19-20-37-68(58)82-69)45-65(62)81(67)71-56(49-26-11-3-12-27-49)35-21-36-57(71)50-28-13-4-14-29-50/h1-46H. The first-order chi connectivity index (χ1) is 40.7. The van der Waals surface area contributed by atoms with E-state index in [9.17, 15) is 0 Å². The number of aromatic nitrogens is 4. The van der Waals surface area contributed by atoms with Crippen molar-refractivity contribution in [2.75, 3.05) is 4.90 Å². The van der Waals surface area contributed by atoms with Gasteiger partial charge in [0.2, 0.25) is 0 Å². The van der Waals surface area contributed by atoms with Crippen LogP contribution < -0.4 is 21.3 Å². The zero-order chi connectivity index (χ0) is 53.8. The van der Waals surface area contributed by atoms with Crippen LogP contribution in [-0.4, -0.2) is 26.2 Å². The first kappa shape index (κ1) is 46.1. The zero-order valence-electron chi connectivity index (χ0n) is 44.3. The molecule has 0 saturated heterocycles. The third kappa shape index (κ3) is 7.19. The Labute approximate surface area is 473 Å². The molecule has 380 valence electrons. The molecule has 12 aromatic carbocycles. The maximum Gasteiger partial charge on any atom is 0.252 e. The largest absolute Gasteiger partial charge is 0.456 e. The van der Waals surface area contributed by atoms with E-state index in [0.29, 0.717) is 17.5 Å². The second kappa shape index (κ2) is 18.3. The quantitative estimate of drug-likeness (QED) is 0.142. The van der Waals surface area contributed by atoms with E-state index in [-0.39, 0.29) is 6.71 Å². The van der Waals surface area contributed by atoms with Gasteiger partial charge in [-0.15, -0.1) is 0 Å². The lowest BCUT2D eigenvalue weighted by Gasteiger charge is -2.42. The van der Waals surface area contributed by atoms with Gasteiger partial charge in [0.25, 0.3) is 6.71 Å². The zero-order valence-corrected chi connectivity index (χ0v) is 44.3. The summed E-state index contributed by atoms with van der Waals surface area (Å²) in [7, 11) is 0. The summed E-state index contributed by atoms with van der Waals surface area (Å²) in [6.07, 6.45) is 0. The molecule has 7 heteroatoms. The summed E-state index contributed by atoms with van der Waals surface area (Å²) in [5, 5.41) is 4.49. The van der Waals surface area contributed by atoms with Crippen LogP contribution in [0.4, 0.5) is 17.1 Å². The molecular formula is C75H46BN5O. The highest BCUT2D eigenvalue weighted by Gasteiger charge is 2.44. The monoisotopic (exact) mass is 1040 g/mol. The van der Waals surface area contributed by atoms with Crippen LogP contribution in [0, 0.1) is 0 Å². The van der Waals surface area contributed by atoms with Crippen molar-refractivity contribution in [3.05, 3.63) is 279 Å². The number of nitrogens with zero attached hydrogens (tertiary/aromatic N) is 5. The fourth-order valence-corrected chi connectivity index (χ4v) is 13.1. The highest BCUT2D eigenvalue weighted by Crippen LogP contribution is 2.51. The third-order valence-corrected chi connectivity index (χ3v) is 16.8. The first-order valence-electron chi connectivity index (χ1n) is 27.9. The summed E-state index contributed by atoms with van der Waals surface area (Å²) in [5.41, 5.74) is 23.6. The van der Waals surface area contributed by atoms with E-state index in [0.717, 1.165) is 111 Å². The minimum Gasteiger partial charge on any atom is -0.456 e. The van der Waals surface area contributed by atoms with Gasteiger partial charge in [-0.3, -0.25) is 0 Å². The molecule has 0 saturated carbocycles. The van der Waals surface area contributed by atoms with Gasteiger partial charge in [0.05, 0.1) is 11.2 Å². The van der Waals surface area contributed by atoms with Gasteiger partial charge in [0, 0.05) is 71.9 Å². The summed E-state index contributed by atoms with van der Waals surface area (Å²) in [5.74, 6) is 1.79. The summed E-state index contributed by atoms with van der Waals surface area (Å²) >= 11 is 0. The van der Waals surface area contributed by atoms with Crippen LogP contribution in [0.3, 0.4) is 0 Å². The van der Waals surface area contributed by atoms with Gasteiger partial charge in [0.15, 0.2) is 17.5 Å². The molecule has 2 aliphatic rings. The number of fused-ring (bicyclic) bond motifs is 10. The fraction of sp³-hybridized carbons (Fsp3) is 0. The van der Waals surface area contributed by atoms with Crippen molar-refractivity contribution in [1.29, 1.82) is 0 Å². The number of rotatable bonds is 8. The maximum atomic E-state index is 6.94. The highest BCUT2D eigenvalue weighted by atomic mass is 16.3. The molecule has 0 N–H and O–H groups in total. The lowest BCUT2D eigenvalue weighted by Crippen LogP contribution is -2.60. The minimum atomic E-state index is -0.248. The van der Waals surface area contributed by atoms with E-state index in [4.69, 9.17) is 19.4 Å². The van der Waals surface area contributed by atoms with Crippen LogP contribution in [0.15, 0.2) is 283 Å². The van der Waals surface area contributed by atoms with Crippen molar-refractivity contribution in [2.45, 2.75) is 0 Å². The van der Waals surface area contributed by atoms with Crippen LogP contribution >= 0.6 is 0 Å². The smallest absolute Gasteiger partial charge is 0.252 e. The molecule has 82 heavy (non-hydrogen) atoms. The third-order valence-electron chi connectivity index (χ3n) is 16.8. The number of hydrogen-bond donors (Lipinski definition) is 0. The van der Waals surface area contributed by atoms with Gasteiger partial charge in [-0.05, 0) is 98.3 Å². The number of hydrogen-bond acceptors (Lipinski definition) is 5.